The number of aromatic nitrogens is 1. The van der Waals surface area contributed by atoms with Gasteiger partial charge in [-0.25, -0.2) is 0 Å². The van der Waals surface area contributed by atoms with Crippen molar-refractivity contribution in [2.75, 3.05) is 13.1 Å². The minimum absolute atomic E-state index is 0.0187. The lowest BCUT2D eigenvalue weighted by atomic mass is 10.3. The molecule has 1 aromatic heterocycles. The predicted molar refractivity (Wildman–Crippen MR) is 60.4 cm³/mol. The number of carbonyl (C=O) groups is 1. The summed E-state index contributed by atoms with van der Waals surface area (Å²) in [6.45, 7) is 1.93. The Bertz CT molecular complexity index is 387. The predicted octanol–water partition coefficient (Wildman–Crippen LogP) is 0.303. The highest BCUT2D eigenvalue weighted by atomic mass is 16.4. The molecule has 88 valence electrons. The fraction of sp³-hybridized carbons (Fsp3) is 0.455. The number of carboxylic acids is 1. The Hall–Kier alpha value is -1.62. The Balaban J connectivity index is 2.14. The summed E-state index contributed by atoms with van der Waals surface area (Å²) >= 11 is 0. The van der Waals surface area contributed by atoms with Crippen LogP contribution in [-0.2, 0) is 11.3 Å². The fourth-order valence-corrected chi connectivity index (χ4v) is 1.33. The average molecular weight is 224 g/mol. The summed E-state index contributed by atoms with van der Waals surface area (Å²) < 4.78 is 1.62. The Morgan fingerprint density at radius 3 is 2.88 bits per heavy atom. The molecule has 1 heterocycles. The van der Waals surface area contributed by atoms with Gasteiger partial charge in [0.1, 0.15) is 0 Å². The van der Waals surface area contributed by atoms with Gasteiger partial charge in [-0.15, -0.1) is 0 Å². The largest absolute Gasteiger partial charge is 0.481 e. The van der Waals surface area contributed by atoms with Crippen LogP contribution in [0.4, 0.5) is 0 Å². The van der Waals surface area contributed by atoms with Crippen LogP contribution in [0, 0.1) is 0 Å². The fourth-order valence-electron chi connectivity index (χ4n) is 1.33. The first kappa shape index (κ1) is 12.4. The van der Waals surface area contributed by atoms with Crippen molar-refractivity contribution in [1.82, 2.24) is 9.88 Å². The quantitative estimate of drug-likeness (QED) is 0.654. The molecule has 0 saturated carbocycles. The summed E-state index contributed by atoms with van der Waals surface area (Å²) in [7, 11) is 0. The van der Waals surface area contributed by atoms with E-state index >= 15 is 0 Å². The molecular weight excluding hydrogens is 208 g/mol. The zero-order valence-electron chi connectivity index (χ0n) is 9.06. The van der Waals surface area contributed by atoms with E-state index in [9.17, 15) is 9.59 Å². The minimum atomic E-state index is -0.777. The van der Waals surface area contributed by atoms with E-state index in [-0.39, 0.29) is 12.0 Å². The van der Waals surface area contributed by atoms with Gasteiger partial charge in [-0.1, -0.05) is 6.07 Å². The number of hydrogen-bond donors (Lipinski definition) is 2. The van der Waals surface area contributed by atoms with Crippen LogP contribution in [0.5, 0.6) is 0 Å². The second-order valence-corrected chi connectivity index (χ2v) is 3.48. The molecule has 0 radical (unpaired) electrons. The van der Waals surface area contributed by atoms with Crippen LogP contribution >= 0.6 is 0 Å². The van der Waals surface area contributed by atoms with Crippen molar-refractivity contribution in [3.8, 4) is 0 Å². The summed E-state index contributed by atoms with van der Waals surface area (Å²) in [4.78, 5) is 21.5. The highest BCUT2D eigenvalue weighted by molar-refractivity contribution is 5.66. The van der Waals surface area contributed by atoms with Gasteiger partial charge in [-0.3, -0.25) is 9.59 Å². The molecule has 2 N–H and O–H groups in total. The maximum Gasteiger partial charge on any atom is 0.303 e. The van der Waals surface area contributed by atoms with Gasteiger partial charge in [0.2, 0.25) is 0 Å². The van der Waals surface area contributed by atoms with Crippen molar-refractivity contribution in [3.63, 3.8) is 0 Å². The third-order valence-electron chi connectivity index (χ3n) is 2.17. The molecule has 0 aliphatic rings. The molecule has 0 saturated heterocycles. The van der Waals surface area contributed by atoms with Crippen molar-refractivity contribution >= 4 is 5.97 Å². The molecule has 0 aliphatic heterocycles. The molecule has 0 aromatic carbocycles. The van der Waals surface area contributed by atoms with E-state index in [0.717, 1.165) is 0 Å². The van der Waals surface area contributed by atoms with Crippen LogP contribution in [0.15, 0.2) is 29.2 Å². The normalized spacial score (nSPS) is 10.2. The standard InChI is InChI=1S/C11H16N2O3/c14-10-4-1-2-8-13(10)9-7-12-6-3-5-11(15)16/h1-2,4,8,12H,3,5-7,9H2,(H,15,16). The van der Waals surface area contributed by atoms with Crippen LogP contribution < -0.4 is 10.9 Å². The molecule has 0 aliphatic carbocycles. The third-order valence-corrected chi connectivity index (χ3v) is 2.17. The van der Waals surface area contributed by atoms with E-state index in [4.69, 9.17) is 5.11 Å². The van der Waals surface area contributed by atoms with Gasteiger partial charge in [0.05, 0.1) is 0 Å². The van der Waals surface area contributed by atoms with Gasteiger partial charge in [-0.05, 0) is 19.0 Å². The molecule has 5 nitrogen and oxygen atoms in total. The van der Waals surface area contributed by atoms with Gasteiger partial charge < -0.3 is 15.0 Å². The number of carboxylic acid groups (broad SMARTS) is 1. The molecule has 1 rings (SSSR count). The molecule has 0 spiro atoms. The molecular formula is C11H16N2O3. The molecule has 1 aromatic rings. The maximum absolute atomic E-state index is 11.3. The van der Waals surface area contributed by atoms with E-state index in [0.29, 0.717) is 26.1 Å². The summed E-state index contributed by atoms with van der Waals surface area (Å²) in [5, 5.41) is 11.5. The highest BCUT2D eigenvalue weighted by Gasteiger charge is 1.96. The number of nitrogens with zero attached hydrogens (tertiary/aromatic N) is 1. The highest BCUT2D eigenvalue weighted by Crippen LogP contribution is 1.86. The zero-order valence-corrected chi connectivity index (χ0v) is 9.06. The summed E-state index contributed by atoms with van der Waals surface area (Å²) in [5.41, 5.74) is -0.0187. The molecule has 0 amide bonds. The van der Waals surface area contributed by atoms with Crippen LogP contribution in [0.1, 0.15) is 12.8 Å². The molecule has 5 heteroatoms. The first-order valence-corrected chi connectivity index (χ1v) is 5.28. The minimum Gasteiger partial charge on any atom is -0.481 e. The van der Waals surface area contributed by atoms with Crippen LogP contribution in [0.2, 0.25) is 0 Å². The number of aliphatic carboxylic acids is 1. The summed E-state index contributed by atoms with van der Waals surface area (Å²) in [6.07, 6.45) is 2.53. The Labute approximate surface area is 93.7 Å². The number of nitrogens with one attached hydrogen (secondary N) is 1. The lowest BCUT2D eigenvalue weighted by molar-refractivity contribution is -0.137. The summed E-state index contributed by atoms with van der Waals surface area (Å²) in [6, 6.07) is 5.04. The SMILES string of the molecule is O=C(O)CCCNCCn1ccccc1=O. The molecule has 0 fully saturated rings. The zero-order chi connectivity index (χ0) is 11.8. The second kappa shape index (κ2) is 6.79. The van der Waals surface area contributed by atoms with Crippen molar-refractivity contribution < 1.29 is 9.90 Å². The van der Waals surface area contributed by atoms with Gasteiger partial charge in [0, 0.05) is 31.8 Å². The summed E-state index contributed by atoms with van der Waals surface area (Å²) in [5.74, 6) is -0.777. The Kier molecular flexibility index (Phi) is 5.28. The number of pyridine rings is 1. The third kappa shape index (κ3) is 4.75. The second-order valence-electron chi connectivity index (χ2n) is 3.48. The van der Waals surface area contributed by atoms with Crippen LogP contribution in [-0.4, -0.2) is 28.7 Å². The Morgan fingerprint density at radius 2 is 2.19 bits per heavy atom. The van der Waals surface area contributed by atoms with Crippen LogP contribution in [0.25, 0.3) is 0 Å². The van der Waals surface area contributed by atoms with E-state index in [1.807, 2.05) is 6.07 Å². The average Bonchev–Trinajstić information content (AvgIpc) is 2.25. The van der Waals surface area contributed by atoms with E-state index in [2.05, 4.69) is 5.32 Å². The van der Waals surface area contributed by atoms with Gasteiger partial charge >= 0.3 is 5.97 Å². The van der Waals surface area contributed by atoms with Gasteiger partial charge in [0.25, 0.3) is 5.56 Å². The molecule has 16 heavy (non-hydrogen) atoms. The van der Waals surface area contributed by atoms with Crippen molar-refractivity contribution in [3.05, 3.63) is 34.7 Å². The maximum atomic E-state index is 11.3. The molecule has 0 bridgehead atoms. The monoisotopic (exact) mass is 224 g/mol. The molecule has 0 atom stereocenters. The number of hydrogen-bond acceptors (Lipinski definition) is 3. The van der Waals surface area contributed by atoms with Gasteiger partial charge in [0.15, 0.2) is 0 Å². The lowest BCUT2D eigenvalue weighted by Gasteiger charge is -2.06. The van der Waals surface area contributed by atoms with Crippen molar-refractivity contribution in [1.29, 1.82) is 0 Å². The first-order chi connectivity index (χ1) is 7.70. The van der Waals surface area contributed by atoms with E-state index in [1.165, 1.54) is 6.07 Å². The molecule has 0 unspecified atom stereocenters. The Morgan fingerprint density at radius 1 is 1.38 bits per heavy atom. The van der Waals surface area contributed by atoms with E-state index in [1.54, 1.807) is 16.8 Å². The number of rotatable bonds is 7. The smallest absolute Gasteiger partial charge is 0.303 e. The van der Waals surface area contributed by atoms with Crippen molar-refractivity contribution in [2.45, 2.75) is 19.4 Å². The first-order valence-electron chi connectivity index (χ1n) is 5.28. The lowest BCUT2D eigenvalue weighted by Crippen LogP contribution is -2.26. The van der Waals surface area contributed by atoms with Crippen LogP contribution in [0.3, 0.4) is 0 Å². The van der Waals surface area contributed by atoms with E-state index < -0.39 is 5.97 Å². The topological polar surface area (TPSA) is 71.3 Å². The van der Waals surface area contributed by atoms with Crippen molar-refractivity contribution in [2.24, 2.45) is 0 Å². The van der Waals surface area contributed by atoms with Gasteiger partial charge in [-0.2, -0.15) is 0 Å².